The number of hydrogen-bond donors (Lipinski definition) is 0. The number of nitrogens with zero attached hydrogens (tertiary/aromatic N) is 6. The summed E-state index contributed by atoms with van der Waals surface area (Å²) < 4.78 is 0. The van der Waals surface area contributed by atoms with Crippen molar-refractivity contribution in [2.24, 2.45) is 0 Å². The SMILES string of the molecule is [C-]#N.[C-]#N.[C-]#N.[C-]#N.[C-]#N.[C-]#N.[Mn+3]. The molecule has 0 aromatic heterocycles. The topological polar surface area (TPSA) is 143 Å². The maximum absolute atomic E-state index is 6.25. The predicted molar refractivity (Wildman–Crippen MR) is 29.8 cm³/mol. The second-order valence-corrected chi connectivity index (χ2v) is 0. The van der Waals surface area contributed by atoms with Crippen LogP contribution >= 0.6 is 0 Å². The van der Waals surface area contributed by atoms with Crippen molar-refractivity contribution in [1.82, 2.24) is 0 Å². The van der Waals surface area contributed by atoms with Gasteiger partial charge in [0.05, 0.1) is 0 Å². The maximum atomic E-state index is 6.25. The van der Waals surface area contributed by atoms with E-state index in [0.29, 0.717) is 0 Å². The van der Waals surface area contributed by atoms with Gasteiger partial charge in [0.1, 0.15) is 0 Å². The summed E-state index contributed by atoms with van der Waals surface area (Å²) in [6, 6.07) is 0. The molecule has 64 valence electrons. The van der Waals surface area contributed by atoms with Gasteiger partial charge in [0.15, 0.2) is 0 Å². The van der Waals surface area contributed by atoms with Crippen LogP contribution < -0.4 is 0 Å². The second-order valence-electron chi connectivity index (χ2n) is 0. The molecular formula is C6MnN6-3. The first kappa shape index (κ1) is 78.2. The van der Waals surface area contributed by atoms with Gasteiger partial charge in [-0.3, -0.25) is 0 Å². The molecule has 0 rings (SSSR count). The molecule has 0 bridgehead atoms. The van der Waals surface area contributed by atoms with Crippen molar-refractivity contribution in [1.29, 1.82) is 31.6 Å². The zero-order chi connectivity index (χ0) is 12.0. The Kier molecular flexibility index (Phi) is 631. The molecule has 0 heterocycles. The van der Waals surface area contributed by atoms with Crippen LogP contribution in [-0.2, 0) is 17.1 Å². The summed E-state index contributed by atoms with van der Waals surface area (Å²) >= 11 is 0. The van der Waals surface area contributed by atoms with Crippen molar-refractivity contribution in [3.05, 3.63) is 39.4 Å². The van der Waals surface area contributed by atoms with Crippen LogP contribution in [0.1, 0.15) is 0 Å². The van der Waals surface area contributed by atoms with Gasteiger partial charge >= 0.3 is 17.1 Å². The standard InChI is InChI=1S/6CN.Mn/c6*1-2;/q6*-1;+3. The molecule has 0 amide bonds. The van der Waals surface area contributed by atoms with Crippen molar-refractivity contribution < 1.29 is 17.1 Å². The zero-order valence-electron chi connectivity index (χ0n) is 6.06. The Morgan fingerprint density at radius 2 is 0.308 bits per heavy atom. The van der Waals surface area contributed by atoms with E-state index in [0.717, 1.165) is 0 Å². The van der Waals surface area contributed by atoms with Crippen molar-refractivity contribution in [2.45, 2.75) is 0 Å². The van der Waals surface area contributed by atoms with E-state index in [2.05, 4.69) is 0 Å². The molecule has 0 fully saturated rings. The molecule has 0 N–H and O–H groups in total. The van der Waals surface area contributed by atoms with Crippen molar-refractivity contribution in [3.8, 4) is 0 Å². The summed E-state index contributed by atoms with van der Waals surface area (Å²) in [4.78, 5) is 0. The Balaban J connectivity index is -0.00000000655. The third-order valence-corrected chi connectivity index (χ3v) is 0. The molecule has 0 aromatic rings. The van der Waals surface area contributed by atoms with E-state index < -0.39 is 0 Å². The fourth-order valence-corrected chi connectivity index (χ4v) is 0. The van der Waals surface area contributed by atoms with E-state index in [4.69, 9.17) is 71.0 Å². The van der Waals surface area contributed by atoms with Crippen LogP contribution in [-0.4, -0.2) is 0 Å². The molecule has 0 saturated carbocycles. The minimum Gasteiger partial charge on any atom is -0.512 e. The van der Waals surface area contributed by atoms with Gasteiger partial charge in [0.2, 0.25) is 0 Å². The smallest absolute Gasteiger partial charge is 0.512 e. The average Bonchev–Trinajstić information content (AvgIpc) is 2.33. The van der Waals surface area contributed by atoms with Crippen LogP contribution in [0.4, 0.5) is 0 Å². The monoisotopic (exact) mass is 211 g/mol. The normalized spacial score (nSPS) is 0.923. The van der Waals surface area contributed by atoms with E-state index in [9.17, 15) is 0 Å². The molecule has 0 saturated heterocycles. The Morgan fingerprint density at radius 1 is 0.308 bits per heavy atom. The first-order valence-corrected chi connectivity index (χ1v) is 1.34. The Morgan fingerprint density at radius 3 is 0.308 bits per heavy atom. The molecule has 0 unspecified atom stereocenters. The van der Waals surface area contributed by atoms with E-state index in [1.165, 1.54) is 0 Å². The van der Waals surface area contributed by atoms with Gasteiger partial charge in [-0.15, -0.1) is 0 Å². The summed E-state index contributed by atoms with van der Waals surface area (Å²) in [6.07, 6.45) is 0. The van der Waals surface area contributed by atoms with Gasteiger partial charge in [-0.05, 0) is 0 Å². The molecule has 0 atom stereocenters. The van der Waals surface area contributed by atoms with Crippen LogP contribution in [0.3, 0.4) is 0 Å². The maximum Gasteiger partial charge on any atom is 3.00 e. The van der Waals surface area contributed by atoms with Crippen LogP contribution in [0.25, 0.3) is 0 Å². The van der Waals surface area contributed by atoms with Crippen LogP contribution in [0.5, 0.6) is 0 Å². The van der Waals surface area contributed by atoms with Gasteiger partial charge in [-0.25, -0.2) is 0 Å². The molecule has 6 nitrogen and oxygen atoms in total. The summed E-state index contributed by atoms with van der Waals surface area (Å²) in [5.74, 6) is 0. The molecule has 7 heteroatoms. The average molecular weight is 211 g/mol. The van der Waals surface area contributed by atoms with Crippen molar-refractivity contribution in [2.75, 3.05) is 0 Å². The molecule has 0 aliphatic carbocycles. The Hall–Kier alpha value is -2.54. The van der Waals surface area contributed by atoms with Crippen LogP contribution in [0, 0.1) is 71.0 Å². The van der Waals surface area contributed by atoms with E-state index >= 15 is 0 Å². The molecule has 0 spiro atoms. The summed E-state index contributed by atoms with van der Waals surface area (Å²) in [7, 11) is 0. The molecule has 13 heavy (non-hydrogen) atoms. The Labute approximate surface area is 88.5 Å². The molecular weight excluding hydrogens is 211 g/mol. The molecule has 0 radical (unpaired) electrons. The van der Waals surface area contributed by atoms with Crippen molar-refractivity contribution in [3.63, 3.8) is 0 Å². The Bertz CT molecular complexity index is 92.1. The third kappa shape index (κ3) is 81.6. The van der Waals surface area contributed by atoms with Gasteiger partial charge in [-0.2, -0.15) is 0 Å². The zero-order valence-corrected chi connectivity index (χ0v) is 7.24. The molecule has 0 aromatic carbocycles. The minimum atomic E-state index is 0. The largest absolute Gasteiger partial charge is 3.00 e. The fourth-order valence-electron chi connectivity index (χ4n) is 0. The van der Waals surface area contributed by atoms with E-state index in [-0.39, 0.29) is 17.1 Å². The van der Waals surface area contributed by atoms with E-state index in [1.54, 1.807) is 0 Å². The summed E-state index contributed by atoms with van der Waals surface area (Å²) in [6.45, 7) is 28.5. The first-order valence-electron chi connectivity index (χ1n) is 1.34. The number of hydrogen-bond acceptors (Lipinski definition) is 6. The van der Waals surface area contributed by atoms with Gasteiger partial charge in [0, 0.05) is 0 Å². The predicted octanol–water partition coefficient (Wildman–Crippen LogP) is 0.576. The van der Waals surface area contributed by atoms with Gasteiger partial charge < -0.3 is 71.0 Å². The van der Waals surface area contributed by atoms with Crippen LogP contribution in [0.2, 0.25) is 0 Å². The van der Waals surface area contributed by atoms with Gasteiger partial charge in [0.25, 0.3) is 0 Å². The van der Waals surface area contributed by atoms with Crippen LogP contribution in [0.15, 0.2) is 0 Å². The fraction of sp³-hybridized carbons (Fsp3) is 0. The third-order valence-electron chi connectivity index (χ3n) is 0. The first-order chi connectivity index (χ1) is 6.00. The molecule has 0 aliphatic rings. The molecule has 0 aliphatic heterocycles. The van der Waals surface area contributed by atoms with Gasteiger partial charge in [-0.1, -0.05) is 0 Å². The summed E-state index contributed by atoms with van der Waals surface area (Å²) in [5, 5.41) is 37.5. The quantitative estimate of drug-likeness (QED) is 0.423. The minimum absolute atomic E-state index is 0. The summed E-state index contributed by atoms with van der Waals surface area (Å²) in [5.41, 5.74) is 0. The number of rotatable bonds is 0. The van der Waals surface area contributed by atoms with E-state index in [1.807, 2.05) is 0 Å². The second kappa shape index (κ2) is 105. The van der Waals surface area contributed by atoms with Crippen molar-refractivity contribution >= 4 is 0 Å².